The van der Waals surface area contributed by atoms with Crippen molar-refractivity contribution in [2.45, 2.75) is 0 Å². The lowest BCUT2D eigenvalue weighted by Crippen LogP contribution is -2.11. The summed E-state index contributed by atoms with van der Waals surface area (Å²) in [4.78, 5) is 13.6. The number of thiophene rings is 1. The van der Waals surface area contributed by atoms with Crippen molar-refractivity contribution in [2.75, 3.05) is 5.32 Å². The number of phenolic OH excluding ortho intramolecular Hbond substituents is 1. The molecule has 0 aliphatic carbocycles. The summed E-state index contributed by atoms with van der Waals surface area (Å²) in [6.07, 6.45) is 0. The van der Waals surface area contributed by atoms with Crippen LogP contribution in [0.3, 0.4) is 0 Å². The summed E-state index contributed by atoms with van der Waals surface area (Å²) < 4.78 is 13.5. The number of rotatable bonds is 3. The maximum absolute atomic E-state index is 13.5. The highest BCUT2D eigenvalue weighted by molar-refractivity contribution is 7.17. The summed E-state index contributed by atoms with van der Waals surface area (Å²) in [5, 5.41) is 11.8. The molecule has 110 valence electrons. The van der Waals surface area contributed by atoms with Crippen LogP contribution in [-0.2, 0) is 0 Å². The number of anilines is 1. The first-order chi connectivity index (χ1) is 10.6. The van der Waals surface area contributed by atoms with Gasteiger partial charge in [-0.05, 0) is 54.1 Å². The summed E-state index contributed by atoms with van der Waals surface area (Å²) in [6.45, 7) is 0. The number of hydrogen-bond donors (Lipinski definition) is 2. The Labute approximate surface area is 130 Å². The van der Waals surface area contributed by atoms with Crippen molar-refractivity contribution < 1.29 is 14.3 Å². The third-order valence-corrected chi connectivity index (χ3v) is 4.24. The Balaban J connectivity index is 1.80. The molecule has 3 rings (SSSR count). The van der Waals surface area contributed by atoms with Gasteiger partial charge in [0.2, 0.25) is 0 Å². The molecule has 1 amide bonds. The highest BCUT2D eigenvalue weighted by Crippen LogP contribution is 2.29. The van der Waals surface area contributed by atoms with Crippen molar-refractivity contribution in [1.29, 1.82) is 0 Å². The largest absolute Gasteiger partial charge is 0.508 e. The molecule has 0 bridgehead atoms. The van der Waals surface area contributed by atoms with Gasteiger partial charge in [0.1, 0.15) is 11.6 Å². The van der Waals surface area contributed by atoms with Crippen LogP contribution in [0.25, 0.3) is 10.4 Å². The third kappa shape index (κ3) is 2.99. The van der Waals surface area contributed by atoms with E-state index in [1.165, 1.54) is 23.5 Å². The summed E-state index contributed by atoms with van der Waals surface area (Å²) in [6, 6.07) is 16.3. The van der Waals surface area contributed by atoms with Crippen molar-refractivity contribution in [3.8, 4) is 16.2 Å². The van der Waals surface area contributed by atoms with Gasteiger partial charge < -0.3 is 10.4 Å². The first kappa shape index (κ1) is 14.3. The van der Waals surface area contributed by atoms with Gasteiger partial charge in [-0.2, -0.15) is 0 Å². The van der Waals surface area contributed by atoms with E-state index < -0.39 is 5.82 Å². The molecule has 0 aliphatic heterocycles. The van der Waals surface area contributed by atoms with Crippen LogP contribution in [0.1, 0.15) is 9.67 Å². The van der Waals surface area contributed by atoms with E-state index >= 15 is 0 Å². The molecule has 3 nitrogen and oxygen atoms in total. The molecule has 0 radical (unpaired) electrons. The van der Waals surface area contributed by atoms with E-state index in [2.05, 4.69) is 5.32 Å². The second kappa shape index (κ2) is 5.99. The zero-order valence-electron chi connectivity index (χ0n) is 11.4. The van der Waals surface area contributed by atoms with Crippen molar-refractivity contribution in [3.63, 3.8) is 0 Å². The SMILES string of the molecule is O=C(Nc1ccccc1F)c1ccc(-c2ccc(O)cc2)s1. The quantitative estimate of drug-likeness (QED) is 0.747. The van der Waals surface area contributed by atoms with Gasteiger partial charge in [0.15, 0.2) is 0 Å². The molecular formula is C17H12FNO2S. The van der Waals surface area contributed by atoms with E-state index in [4.69, 9.17) is 0 Å². The molecule has 5 heteroatoms. The number of carbonyl (C=O) groups is 1. The normalized spacial score (nSPS) is 10.4. The van der Waals surface area contributed by atoms with Crippen molar-refractivity contribution in [2.24, 2.45) is 0 Å². The van der Waals surface area contributed by atoms with Gasteiger partial charge in [0, 0.05) is 4.88 Å². The number of halogens is 1. The first-order valence-corrected chi connectivity index (χ1v) is 7.40. The molecule has 2 aromatic carbocycles. The molecule has 0 fully saturated rings. The van der Waals surface area contributed by atoms with Crippen LogP contribution in [0.15, 0.2) is 60.7 Å². The van der Waals surface area contributed by atoms with Gasteiger partial charge in [0.05, 0.1) is 10.6 Å². The summed E-state index contributed by atoms with van der Waals surface area (Å²) in [5.74, 6) is -0.621. The lowest BCUT2D eigenvalue weighted by Gasteiger charge is -2.04. The lowest BCUT2D eigenvalue weighted by atomic mass is 10.2. The maximum Gasteiger partial charge on any atom is 0.265 e. The van der Waals surface area contributed by atoms with E-state index in [0.717, 1.165) is 10.4 Å². The Bertz CT molecular complexity index is 812. The molecule has 1 heterocycles. The van der Waals surface area contributed by atoms with Crippen molar-refractivity contribution in [3.05, 3.63) is 71.4 Å². The molecule has 22 heavy (non-hydrogen) atoms. The minimum atomic E-state index is -0.467. The van der Waals surface area contributed by atoms with E-state index in [0.29, 0.717) is 4.88 Å². The Morgan fingerprint density at radius 1 is 1.00 bits per heavy atom. The predicted molar refractivity (Wildman–Crippen MR) is 85.8 cm³/mol. The standard InChI is InChI=1S/C17H12FNO2S/c18-13-3-1-2-4-14(13)19-17(21)16-10-9-15(22-16)11-5-7-12(20)8-6-11/h1-10,20H,(H,19,21). The number of amides is 1. The van der Waals surface area contributed by atoms with Crippen LogP contribution < -0.4 is 5.32 Å². The number of carbonyl (C=O) groups excluding carboxylic acids is 1. The second-order valence-electron chi connectivity index (χ2n) is 4.64. The zero-order chi connectivity index (χ0) is 15.5. The highest BCUT2D eigenvalue weighted by atomic mass is 32.1. The van der Waals surface area contributed by atoms with Crippen LogP contribution >= 0.6 is 11.3 Å². The van der Waals surface area contributed by atoms with Gasteiger partial charge in [-0.25, -0.2) is 4.39 Å². The van der Waals surface area contributed by atoms with Crippen LogP contribution in [0.2, 0.25) is 0 Å². The van der Waals surface area contributed by atoms with Gasteiger partial charge in [-0.1, -0.05) is 12.1 Å². The number of phenols is 1. The summed E-state index contributed by atoms with van der Waals surface area (Å²) in [5.41, 5.74) is 1.07. The number of benzene rings is 2. The Morgan fingerprint density at radius 2 is 1.73 bits per heavy atom. The van der Waals surface area contributed by atoms with Crippen LogP contribution in [0, 0.1) is 5.82 Å². The average molecular weight is 313 g/mol. The molecule has 0 saturated heterocycles. The highest BCUT2D eigenvalue weighted by Gasteiger charge is 2.12. The fraction of sp³-hybridized carbons (Fsp3) is 0. The van der Waals surface area contributed by atoms with Gasteiger partial charge >= 0.3 is 0 Å². The van der Waals surface area contributed by atoms with E-state index in [1.54, 1.807) is 42.5 Å². The average Bonchev–Trinajstić information content (AvgIpc) is 3.00. The Morgan fingerprint density at radius 3 is 2.45 bits per heavy atom. The number of nitrogens with one attached hydrogen (secondary N) is 1. The first-order valence-electron chi connectivity index (χ1n) is 6.58. The second-order valence-corrected chi connectivity index (χ2v) is 5.73. The molecule has 0 atom stereocenters. The van der Waals surface area contributed by atoms with Gasteiger partial charge in [0.25, 0.3) is 5.91 Å². The smallest absolute Gasteiger partial charge is 0.265 e. The fourth-order valence-corrected chi connectivity index (χ4v) is 2.89. The van der Waals surface area contributed by atoms with E-state index in [1.807, 2.05) is 6.07 Å². The topological polar surface area (TPSA) is 49.3 Å². The molecule has 0 spiro atoms. The molecule has 0 unspecified atom stereocenters. The molecular weight excluding hydrogens is 301 g/mol. The molecule has 0 saturated carbocycles. The van der Waals surface area contributed by atoms with E-state index in [9.17, 15) is 14.3 Å². The van der Waals surface area contributed by atoms with Crippen LogP contribution in [0.4, 0.5) is 10.1 Å². The van der Waals surface area contributed by atoms with Gasteiger partial charge in [-0.3, -0.25) is 4.79 Å². The molecule has 1 aromatic heterocycles. The predicted octanol–water partition coefficient (Wildman–Crippen LogP) is 4.51. The molecule has 2 N–H and O–H groups in total. The number of para-hydroxylation sites is 1. The monoisotopic (exact) mass is 313 g/mol. The van der Waals surface area contributed by atoms with Crippen molar-refractivity contribution in [1.82, 2.24) is 0 Å². The van der Waals surface area contributed by atoms with Crippen LogP contribution in [-0.4, -0.2) is 11.0 Å². The molecule has 0 aliphatic rings. The van der Waals surface area contributed by atoms with Crippen molar-refractivity contribution >= 4 is 22.9 Å². The summed E-state index contributed by atoms with van der Waals surface area (Å²) in [7, 11) is 0. The minimum Gasteiger partial charge on any atom is -0.508 e. The molecule has 3 aromatic rings. The lowest BCUT2D eigenvalue weighted by molar-refractivity contribution is 0.103. The minimum absolute atomic E-state index is 0.159. The Hall–Kier alpha value is -2.66. The third-order valence-electron chi connectivity index (χ3n) is 3.10. The van der Waals surface area contributed by atoms with E-state index in [-0.39, 0.29) is 17.3 Å². The zero-order valence-corrected chi connectivity index (χ0v) is 12.2. The number of aromatic hydroxyl groups is 1. The summed E-state index contributed by atoms with van der Waals surface area (Å²) >= 11 is 1.31. The van der Waals surface area contributed by atoms with Gasteiger partial charge in [-0.15, -0.1) is 11.3 Å². The fourth-order valence-electron chi connectivity index (χ4n) is 1.99. The Kier molecular flexibility index (Phi) is 3.89. The maximum atomic E-state index is 13.5. The van der Waals surface area contributed by atoms with Crippen LogP contribution in [0.5, 0.6) is 5.75 Å². The number of hydrogen-bond acceptors (Lipinski definition) is 3.